The maximum Gasteiger partial charge on any atom is 0.237 e. The average molecular weight is 420 g/mol. The van der Waals surface area contributed by atoms with Crippen LogP contribution < -0.4 is 15.8 Å². The predicted octanol–water partition coefficient (Wildman–Crippen LogP) is 2.87. The smallest absolute Gasteiger partial charge is 0.237 e. The number of nitrogens with two attached hydrogens (primary N) is 1. The molecule has 1 aromatic carbocycles. The van der Waals surface area contributed by atoms with E-state index in [9.17, 15) is 9.59 Å². The number of rotatable bonds is 11. The Hall–Kier alpha value is -2.55. The highest BCUT2D eigenvalue weighted by atomic mass is 32.2. The van der Waals surface area contributed by atoms with Crippen LogP contribution in [0, 0.1) is 5.92 Å². The van der Waals surface area contributed by atoms with Gasteiger partial charge in [-0.15, -0.1) is 10.2 Å². The largest absolute Gasteiger partial charge is 0.494 e. The fourth-order valence-electron chi connectivity index (χ4n) is 2.63. The van der Waals surface area contributed by atoms with Gasteiger partial charge in [-0.05, 0) is 44.0 Å². The lowest BCUT2D eigenvalue weighted by molar-refractivity contribution is -0.118. The Labute approximate surface area is 175 Å². The molecule has 0 spiro atoms. The summed E-state index contributed by atoms with van der Waals surface area (Å²) in [4.78, 5) is 23.7. The molecule has 0 aliphatic carbocycles. The van der Waals surface area contributed by atoms with Gasteiger partial charge in [0.05, 0.1) is 11.9 Å². The van der Waals surface area contributed by atoms with Crippen LogP contribution in [0.5, 0.6) is 5.75 Å². The Morgan fingerprint density at radius 1 is 1.21 bits per heavy atom. The Bertz CT molecular complexity index is 820. The summed E-state index contributed by atoms with van der Waals surface area (Å²) >= 11 is 1.34. The highest BCUT2D eigenvalue weighted by molar-refractivity contribution is 8.00. The molecule has 1 heterocycles. The van der Waals surface area contributed by atoms with E-state index in [4.69, 9.17) is 10.5 Å². The van der Waals surface area contributed by atoms with E-state index in [1.807, 2.05) is 42.7 Å². The lowest BCUT2D eigenvalue weighted by Crippen LogP contribution is -2.23. The van der Waals surface area contributed by atoms with Crippen molar-refractivity contribution in [2.45, 2.75) is 57.5 Å². The first kappa shape index (κ1) is 22.7. The lowest BCUT2D eigenvalue weighted by Gasteiger charge is -2.15. The van der Waals surface area contributed by atoms with Crippen molar-refractivity contribution < 1.29 is 14.3 Å². The van der Waals surface area contributed by atoms with E-state index >= 15 is 0 Å². The number of primary amides is 1. The van der Waals surface area contributed by atoms with Crippen molar-refractivity contribution in [2.24, 2.45) is 11.7 Å². The molecule has 158 valence electrons. The summed E-state index contributed by atoms with van der Waals surface area (Å²) in [6.45, 7) is 9.23. The molecule has 2 amide bonds. The molecule has 2 aromatic rings. The van der Waals surface area contributed by atoms with Crippen LogP contribution in [0.25, 0.3) is 0 Å². The number of nitrogens with zero attached hydrogens (tertiary/aromatic N) is 3. The van der Waals surface area contributed by atoms with E-state index < -0.39 is 0 Å². The molecule has 2 rings (SSSR count). The van der Waals surface area contributed by atoms with Gasteiger partial charge in [-0.3, -0.25) is 9.59 Å². The van der Waals surface area contributed by atoms with Crippen LogP contribution in [0.2, 0.25) is 0 Å². The number of hydrogen-bond acceptors (Lipinski definition) is 6. The molecule has 1 aromatic heterocycles. The van der Waals surface area contributed by atoms with E-state index in [1.165, 1.54) is 11.8 Å². The first-order valence-electron chi connectivity index (χ1n) is 9.70. The first-order valence-corrected chi connectivity index (χ1v) is 10.6. The minimum atomic E-state index is -0.374. The van der Waals surface area contributed by atoms with Crippen molar-refractivity contribution >= 4 is 29.3 Å². The molecule has 0 bridgehead atoms. The molecule has 8 nitrogen and oxygen atoms in total. The fourth-order valence-corrected chi connectivity index (χ4v) is 3.51. The van der Waals surface area contributed by atoms with E-state index in [1.54, 1.807) is 0 Å². The first-order chi connectivity index (χ1) is 13.8. The Morgan fingerprint density at radius 3 is 2.48 bits per heavy atom. The van der Waals surface area contributed by atoms with Crippen molar-refractivity contribution in [1.29, 1.82) is 0 Å². The summed E-state index contributed by atoms with van der Waals surface area (Å²) in [5.41, 5.74) is 5.96. The highest BCUT2D eigenvalue weighted by Crippen LogP contribution is 2.25. The number of aromatic nitrogens is 3. The summed E-state index contributed by atoms with van der Waals surface area (Å²) < 4.78 is 7.38. The van der Waals surface area contributed by atoms with Gasteiger partial charge in [0, 0.05) is 25.1 Å². The standard InChI is InChI=1S/C20H29N5O3S/c1-5-28-16-8-6-15(7-9-16)22-19(27)14(4)29-20-24-23-18(11-10-17(21)26)25(20)12-13(2)3/h6-9,13-14H,5,10-12H2,1-4H3,(H2,21,26)(H,22,27). The zero-order valence-electron chi connectivity index (χ0n) is 17.3. The second kappa shape index (κ2) is 10.8. The minimum absolute atomic E-state index is 0.128. The molecular formula is C20H29N5O3S. The van der Waals surface area contributed by atoms with Gasteiger partial charge in [0.25, 0.3) is 0 Å². The number of benzene rings is 1. The fraction of sp³-hybridized carbons (Fsp3) is 0.500. The number of thioether (sulfide) groups is 1. The molecule has 29 heavy (non-hydrogen) atoms. The Morgan fingerprint density at radius 2 is 1.90 bits per heavy atom. The van der Waals surface area contributed by atoms with Crippen LogP contribution in [0.3, 0.4) is 0 Å². The summed E-state index contributed by atoms with van der Waals surface area (Å²) in [6, 6.07) is 7.26. The summed E-state index contributed by atoms with van der Waals surface area (Å²) in [5.74, 6) is 1.33. The highest BCUT2D eigenvalue weighted by Gasteiger charge is 2.21. The number of nitrogens with one attached hydrogen (secondary N) is 1. The molecule has 9 heteroatoms. The number of hydrogen-bond donors (Lipinski definition) is 2. The van der Waals surface area contributed by atoms with Crippen LogP contribution in [0.4, 0.5) is 5.69 Å². The molecule has 1 atom stereocenters. The number of amides is 2. The predicted molar refractivity (Wildman–Crippen MR) is 114 cm³/mol. The van der Waals surface area contributed by atoms with Crippen molar-refractivity contribution in [2.75, 3.05) is 11.9 Å². The van der Waals surface area contributed by atoms with Gasteiger partial charge in [-0.25, -0.2) is 0 Å². The molecule has 1 unspecified atom stereocenters. The van der Waals surface area contributed by atoms with Crippen LogP contribution in [-0.2, 0) is 22.6 Å². The van der Waals surface area contributed by atoms with Crippen LogP contribution in [-0.4, -0.2) is 38.4 Å². The number of aryl methyl sites for hydroxylation is 1. The molecular weight excluding hydrogens is 390 g/mol. The monoisotopic (exact) mass is 419 g/mol. The Kier molecular flexibility index (Phi) is 8.50. The number of carbonyl (C=O) groups excluding carboxylic acids is 2. The third kappa shape index (κ3) is 7.08. The van der Waals surface area contributed by atoms with Crippen LogP contribution in [0.15, 0.2) is 29.4 Å². The van der Waals surface area contributed by atoms with Gasteiger partial charge in [0.2, 0.25) is 11.8 Å². The van der Waals surface area contributed by atoms with Crippen molar-refractivity contribution in [3.8, 4) is 5.75 Å². The lowest BCUT2D eigenvalue weighted by atomic mass is 10.2. The zero-order chi connectivity index (χ0) is 21.4. The number of ether oxygens (including phenoxy) is 1. The Balaban J connectivity index is 2.05. The summed E-state index contributed by atoms with van der Waals surface area (Å²) in [7, 11) is 0. The molecule has 0 radical (unpaired) electrons. The second-order valence-corrected chi connectivity index (χ2v) is 8.38. The van der Waals surface area contributed by atoms with Gasteiger partial charge in [-0.1, -0.05) is 25.6 Å². The number of carbonyl (C=O) groups is 2. The SMILES string of the molecule is CCOc1ccc(NC(=O)C(C)Sc2nnc(CCC(N)=O)n2CC(C)C)cc1. The maximum absolute atomic E-state index is 12.6. The van der Waals surface area contributed by atoms with Crippen molar-refractivity contribution in [1.82, 2.24) is 14.8 Å². The van der Waals surface area contributed by atoms with E-state index in [0.717, 1.165) is 5.75 Å². The summed E-state index contributed by atoms with van der Waals surface area (Å²) in [5, 5.41) is 11.6. The van der Waals surface area contributed by atoms with E-state index in [0.29, 0.717) is 42.2 Å². The third-order valence-corrected chi connectivity index (χ3v) is 5.10. The molecule has 3 N–H and O–H groups in total. The summed E-state index contributed by atoms with van der Waals surface area (Å²) in [6.07, 6.45) is 0.650. The number of anilines is 1. The van der Waals surface area contributed by atoms with Gasteiger partial charge in [0.1, 0.15) is 11.6 Å². The molecule has 0 aliphatic rings. The van der Waals surface area contributed by atoms with Crippen molar-refractivity contribution in [3.63, 3.8) is 0 Å². The van der Waals surface area contributed by atoms with Gasteiger partial charge >= 0.3 is 0 Å². The van der Waals surface area contributed by atoms with Gasteiger partial charge < -0.3 is 20.4 Å². The van der Waals surface area contributed by atoms with Crippen LogP contribution >= 0.6 is 11.8 Å². The van der Waals surface area contributed by atoms with Gasteiger partial charge in [0.15, 0.2) is 5.16 Å². The average Bonchev–Trinajstić information content (AvgIpc) is 3.02. The zero-order valence-corrected chi connectivity index (χ0v) is 18.2. The second-order valence-electron chi connectivity index (χ2n) is 7.08. The third-order valence-electron chi connectivity index (χ3n) is 4.02. The molecule has 0 saturated carbocycles. The molecule has 0 saturated heterocycles. The van der Waals surface area contributed by atoms with Crippen LogP contribution in [0.1, 0.15) is 39.9 Å². The topological polar surface area (TPSA) is 112 Å². The molecule has 0 aliphatic heterocycles. The van der Waals surface area contributed by atoms with E-state index in [2.05, 4.69) is 29.4 Å². The minimum Gasteiger partial charge on any atom is -0.494 e. The molecule has 0 fully saturated rings. The van der Waals surface area contributed by atoms with Gasteiger partial charge in [-0.2, -0.15) is 0 Å². The quantitative estimate of drug-likeness (QED) is 0.542. The normalized spacial score (nSPS) is 12.0. The van der Waals surface area contributed by atoms with Crippen molar-refractivity contribution in [3.05, 3.63) is 30.1 Å². The van der Waals surface area contributed by atoms with E-state index in [-0.39, 0.29) is 23.5 Å². The maximum atomic E-state index is 12.6.